The van der Waals surface area contributed by atoms with E-state index >= 15 is 0 Å². The fourth-order valence-corrected chi connectivity index (χ4v) is 8.32. The maximum absolute atomic E-state index is 6.52. The first-order valence-corrected chi connectivity index (χ1v) is 17.5. The van der Waals surface area contributed by atoms with Crippen LogP contribution in [0.25, 0.3) is 44.2 Å². The van der Waals surface area contributed by atoms with Crippen LogP contribution in [0.5, 0.6) is 0 Å². The Morgan fingerprint density at radius 3 is 1.65 bits per heavy atom. The minimum atomic E-state index is -0.574. The van der Waals surface area contributed by atoms with Crippen molar-refractivity contribution < 1.29 is 4.42 Å². The van der Waals surface area contributed by atoms with Crippen LogP contribution in [0.1, 0.15) is 22.3 Å². The van der Waals surface area contributed by atoms with Crippen LogP contribution in [0.15, 0.2) is 205 Å². The molecule has 1 aliphatic carbocycles. The maximum Gasteiger partial charge on any atom is 0.135 e. The molecule has 0 N–H and O–H groups in total. The van der Waals surface area contributed by atoms with Gasteiger partial charge in [0.05, 0.1) is 5.41 Å². The van der Waals surface area contributed by atoms with Crippen LogP contribution in [0.2, 0.25) is 0 Å². The van der Waals surface area contributed by atoms with E-state index in [1.807, 2.05) is 6.07 Å². The summed E-state index contributed by atoms with van der Waals surface area (Å²) in [6.07, 6.45) is 0. The van der Waals surface area contributed by atoms with Crippen LogP contribution in [0, 0.1) is 0 Å². The highest BCUT2D eigenvalue weighted by Gasteiger charge is 2.46. The molecular formula is C49H33NO. The summed E-state index contributed by atoms with van der Waals surface area (Å²) in [4.78, 5) is 2.36. The Morgan fingerprint density at radius 1 is 0.353 bits per heavy atom. The predicted octanol–water partition coefficient (Wildman–Crippen LogP) is 13.1. The van der Waals surface area contributed by atoms with E-state index in [0.29, 0.717) is 0 Å². The second-order valence-corrected chi connectivity index (χ2v) is 13.3. The highest BCUT2D eigenvalue weighted by Crippen LogP contribution is 2.57. The first-order valence-electron chi connectivity index (χ1n) is 17.5. The summed E-state index contributed by atoms with van der Waals surface area (Å²) in [5.41, 5.74) is 14.4. The van der Waals surface area contributed by atoms with Crippen molar-refractivity contribution in [1.82, 2.24) is 0 Å². The van der Waals surface area contributed by atoms with Gasteiger partial charge in [0, 0.05) is 27.8 Å². The molecule has 0 saturated carbocycles. The monoisotopic (exact) mass is 651 g/mol. The zero-order chi connectivity index (χ0) is 33.8. The number of hydrogen-bond acceptors (Lipinski definition) is 2. The van der Waals surface area contributed by atoms with E-state index in [2.05, 4.69) is 199 Å². The van der Waals surface area contributed by atoms with Gasteiger partial charge in [0.25, 0.3) is 0 Å². The predicted molar refractivity (Wildman–Crippen MR) is 211 cm³/mol. The van der Waals surface area contributed by atoms with E-state index in [1.165, 1.54) is 44.5 Å². The Hall–Kier alpha value is -6.64. The molecule has 240 valence electrons. The van der Waals surface area contributed by atoms with E-state index in [-0.39, 0.29) is 0 Å². The van der Waals surface area contributed by atoms with E-state index in [9.17, 15) is 0 Å². The molecule has 0 unspecified atom stereocenters. The Kier molecular flexibility index (Phi) is 6.75. The number of anilines is 3. The molecule has 0 amide bonds. The molecule has 2 nitrogen and oxygen atoms in total. The normalized spacial score (nSPS) is 12.9. The van der Waals surface area contributed by atoms with Crippen LogP contribution in [-0.4, -0.2) is 0 Å². The van der Waals surface area contributed by atoms with E-state index in [1.54, 1.807) is 0 Å². The molecule has 0 aliphatic heterocycles. The standard InChI is InChI=1S/C49H33NO/c1-3-14-34(15-4-1)35-26-29-39(30-27-35)50(38-17-5-2-6-18-38)40-19-13-16-36(32-40)49(45-23-10-7-20-41(45)42-21-8-11-24-46(42)49)37-28-31-44-43-22-9-12-25-47(43)51-48(44)33-37/h1-33H. The van der Waals surface area contributed by atoms with Crippen molar-refractivity contribution in [2.45, 2.75) is 5.41 Å². The fourth-order valence-electron chi connectivity index (χ4n) is 8.32. The Balaban J connectivity index is 1.21. The third-order valence-corrected chi connectivity index (χ3v) is 10.5. The highest BCUT2D eigenvalue weighted by atomic mass is 16.3. The van der Waals surface area contributed by atoms with E-state index in [4.69, 9.17) is 4.42 Å². The van der Waals surface area contributed by atoms with Gasteiger partial charge in [-0.25, -0.2) is 0 Å². The Morgan fingerprint density at radius 2 is 0.902 bits per heavy atom. The van der Waals surface area contributed by atoms with Gasteiger partial charge in [-0.2, -0.15) is 0 Å². The van der Waals surface area contributed by atoms with Crippen molar-refractivity contribution in [3.63, 3.8) is 0 Å². The summed E-state index contributed by atoms with van der Waals surface area (Å²) in [6.45, 7) is 0. The fraction of sp³-hybridized carbons (Fsp3) is 0.0204. The molecule has 51 heavy (non-hydrogen) atoms. The lowest BCUT2D eigenvalue weighted by Gasteiger charge is -2.35. The van der Waals surface area contributed by atoms with E-state index < -0.39 is 5.41 Å². The minimum Gasteiger partial charge on any atom is -0.456 e. The molecule has 8 aromatic carbocycles. The lowest BCUT2D eigenvalue weighted by atomic mass is 9.67. The average molecular weight is 652 g/mol. The first kappa shape index (κ1) is 29.3. The quantitative estimate of drug-likeness (QED) is 0.178. The van der Waals surface area contributed by atoms with Gasteiger partial charge in [-0.3, -0.25) is 0 Å². The number of hydrogen-bond donors (Lipinski definition) is 0. The molecule has 1 heterocycles. The molecule has 9 aromatic rings. The molecule has 1 aromatic heterocycles. The van der Waals surface area contributed by atoms with Crippen molar-refractivity contribution in [2.75, 3.05) is 4.90 Å². The summed E-state index contributed by atoms with van der Waals surface area (Å²) < 4.78 is 6.52. The third kappa shape index (κ3) is 4.57. The van der Waals surface area contributed by atoms with Crippen molar-refractivity contribution in [1.29, 1.82) is 0 Å². The van der Waals surface area contributed by atoms with Gasteiger partial charge >= 0.3 is 0 Å². The van der Waals surface area contributed by atoms with Gasteiger partial charge in [-0.15, -0.1) is 0 Å². The molecule has 2 heteroatoms. The number of rotatable bonds is 6. The smallest absolute Gasteiger partial charge is 0.135 e. The van der Waals surface area contributed by atoms with Crippen molar-refractivity contribution in [3.8, 4) is 22.3 Å². The largest absolute Gasteiger partial charge is 0.456 e. The van der Waals surface area contributed by atoms with Crippen LogP contribution in [0.4, 0.5) is 17.1 Å². The van der Waals surface area contributed by atoms with Gasteiger partial charge in [-0.1, -0.05) is 152 Å². The number of benzene rings is 8. The topological polar surface area (TPSA) is 16.4 Å². The molecule has 0 spiro atoms. The van der Waals surface area contributed by atoms with Gasteiger partial charge < -0.3 is 9.32 Å². The number of fused-ring (bicyclic) bond motifs is 6. The molecule has 1 aliphatic rings. The molecule has 0 fully saturated rings. The number of para-hydroxylation sites is 2. The van der Waals surface area contributed by atoms with Crippen molar-refractivity contribution in [2.24, 2.45) is 0 Å². The molecule has 0 atom stereocenters. The van der Waals surface area contributed by atoms with Crippen LogP contribution < -0.4 is 4.90 Å². The van der Waals surface area contributed by atoms with Gasteiger partial charge in [0.2, 0.25) is 0 Å². The molecule has 0 saturated heterocycles. The van der Waals surface area contributed by atoms with Crippen LogP contribution in [-0.2, 0) is 5.41 Å². The summed E-state index contributed by atoms with van der Waals surface area (Å²) in [5.74, 6) is 0. The average Bonchev–Trinajstić information content (AvgIpc) is 3.73. The van der Waals surface area contributed by atoms with Gasteiger partial charge in [-0.05, 0) is 93.0 Å². The molecular weight excluding hydrogens is 619 g/mol. The molecule has 10 rings (SSSR count). The lowest BCUT2D eigenvalue weighted by Crippen LogP contribution is -2.28. The third-order valence-electron chi connectivity index (χ3n) is 10.5. The minimum absolute atomic E-state index is 0.574. The number of nitrogens with zero attached hydrogens (tertiary/aromatic N) is 1. The second kappa shape index (κ2) is 11.8. The lowest BCUT2D eigenvalue weighted by molar-refractivity contribution is 0.665. The summed E-state index contributed by atoms with van der Waals surface area (Å²) in [6, 6.07) is 72.2. The summed E-state index contributed by atoms with van der Waals surface area (Å²) >= 11 is 0. The second-order valence-electron chi connectivity index (χ2n) is 13.3. The number of furan rings is 1. The maximum atomic E-state index is 6.52. The molecule has 0 radical (unpaired) electrons. The molecule has 0 bridgehead atoms. The van der Waals surface area contributed by atoms with E-state index in [0.717, 1.165) is 39.0 Å². The SMILES string of the molecule is c1ccc(-c2ccc(N(c3ccccc3)c3cccc(C4(c5ccc6c(c5)oc5ccccc56)c5ccccc5-c5ccccc54)c3)cc2)cc1. The zero-order valence-corrected chi connectivity index (χ0v) is 27.9. The van der Waals surface area contributed by atoms with Crippen molar-refractivity contribution in [3.05, 3.63) is 222 Å². The highest BCUT2D eigenvalue weighted by molar-refractivity contribution is 6.05. The summed E-state index contributed by atoms with van der Waals surface area (Å²) in [7, 11) is 0. The zero-order valence-electron chi connectivity index (χ0n) is 27.9. The van der Waals surface area contributed by atoms with Crippen molar-refractivity contribution >= 4 is 39.0 Å². The van der Waals surface area contributed by atoms with Gasteiger partial charge in [0.1, 0.15) is 11.2 Å². The summed E-state index contributed by atoms with van der Waals surface area (Å²) in [5, 5.41) is 2.27. The first-order chi connectivity index (χ1) is 25.3. The van der Waals surface area contributed by atoms with Gasteiger partial charge in [0.15, 0.2) is 0 Å². The van der Waals surface area contributed by atoms with Crippen LogP contribution >= 0.6 is 0 Å². The van der Waals surface area contributed by atoms with Crippen LogP contribution in [0.3, 0.4) is 0 Å². The Labute approximate surface area is 297 Å². The Bertz CT molecular complexity index is 2640.